The van der Waals surface area contributed by atoms with Gasteiger partial charge in [-0.15, -0.1) is 0 Å². The molecule has 0 saturated carbocycles. The molecule has 0 aliphatic carbocycles. The molecular formula is C20H21N7O. The van der Waals surface area contributed by atoms with Crippen LogP contribution in [0.3, 0.4) is 0 Å². The van der Waals surface area contributed by atoms with E-state index in [9.17, 15) is 4.79 Å². The van der Waals surface area contributed by atoms with Crippen molar-refractivity contribution in [3.05, 3.63) is 72.6 Å². The van der Waals surface area contributed by atoms with Gasteiger partial charge in [0.25, 0.3) is 5.91 Å². The van der Waals surface area contributed by atoms with Crippen LogP contribution in [0, 0.1) is 0 Å². The van der Waals surface area contributed by atoms with E-state index in [0.717, 1.165) is 43.4 Å². The number of nitrogens with zero attached hydrogens (tertiary/aromatic N) is 6. The van der Waals surface area contributed by atoms with E-state index in [-0.39, 0.29) is 5.91 Å². The van der Waals surface area contributed by atoms with Crippen LogP contribution in [0.15, 0.2) is 61.4 Å². The molecule has 8 nitrogen and oxygen atoms in total. The first-order valence-electron chi connectivity index (χ1n) is 9.19. The average molecular weight is 375 g/mol. The van der Waals surface area contributed by atoms with Crippen molar-refractivity contribution >= 4 is 17.5 Å². The summed E-state index contributed by atoms with van der Waals surface area (Å²) < 4.78 is 0. The predicted octanol–water partition coefficient (Wildman–Crippen LogP) is 1.52. The largest absolute Gasteiger partial charge is 0.367 e. The molecule has 0 aromatic carbocycles. The number of aromatic nitrogens is 4. The summed E-state index contributed by atoms with van der Waals surface area (Å²) in [6.07, 6.45) is 10.4. The zero-order valence-electron chi connectivity index (χ0n) is 15.4. The molecule has 4 rings (SSSR count). The van der Waals surface area contributed by atoms with Crippen molar-refractivity contribution in [1.29, 1.82) is 0 Å². The molecule has 0 unspecified atom stereocenters. The third kappa shape index (κ3) is 4.22. The SMILES string of the molecule is O=C(NCc1cccnc1)c1cncc(N2CCN(c3ncccn3)CC2)c1. The van der Waals surface area contributed by atoms with Gasteiger partial charge in [0, 0.05) is 63.7 Å². The lowest BCUT2D eigenvalue weighted by molar-refractivity contribution is 0.0950. The van der Waals surface area contributed by atoms with Gasteiger partial charge >= 0.3 is 0 Å². The first-order valence-corrected chi connectivity index (χ1v) is 9.19. The van der Waals surface area contributed by atoms with Crippen LogP contribution in [0.4, 0.5) is 11.6 Å². The Hall–Kier alpha value is -3.55. The Morgan fingerprint density at radius 1 is 0.929 bits per heavy atom. The number of nitrogens with one attached hydrogen (secondary N) is 1. The lowest BCUT2D eigenvalue weighted by atomic mass is 10.2. The molecule has 1 saturated heterocycles. The number of piperazine rings is 1. The number of hydrogen-bond acceptors (Lipinski definition) is 7. The summed E-state index contributed by atoms with van der Waals surface area (Å²) in [5, 5.41) is 2.91. The van der Waals surface area contributed by atoms with Crippen LogP contribution in [0.2, 0.25) is 0 Å². The quantitative estimate of drug-likeness (QED) is 0.723. The Balaban J connectivity index is 1.37. The standard InChI is InChI=1S/C20H21N7O/c28-19(25-13-16-3-1-4-21-12-16)17-11-18(15-22-14-17)26-7-9-27(10-8-26)20-23-5-2-6-24-20/h1-6,11-12,14-15H,7-10,13H2,(H,25,28). The zero-order valence-corrected chi connectivity index (χ0v) is 15.4. The van der Waals surface area contributed by atoms with Crippen LogP contribution in [0.5, 0.6) is 0 Å². The van der Waals surface area contributed by atoms with Crippen LogP contribution >= 0.6 is 0 Å². The minimum absolute atomic E-state index is 0.144. The fourth-order valence-electron chi connectivity index (χ4n) is 3.13. The van der Waals surface area contributed by atoms with Gasteiger partial charge in [0.15, 0.2) is 0 Å². The first-order chi connectivity index (χ1) is 13.8. The maximum Gasteiger partial charge on any atom is 0.253 e. The van der Waals surface area contributed by atoms with Gasteiger partial charge in [0.1, 0.15) is 0 Å². The molecule has 28 heavy (non-hydrogen) atoms. The summed E-state index contributed by atoms with van der Waals surface area (Å²) in [4.78, 5) is 33.8. The zero-order chi connectivity index (χ0) is 19.2. The maximum absolute atomic E-state index is 12.5. The molecule has 1 amide bonds. The highest BCUT2D eigenvalue weighted by molar-refractivity contribution is 5.94. The Bertz CT molecular complexity index is 912. The molecule has 0 bridgehead atoms. The van der Waals surface area contributed by atoms with E-state index in [2.05, 4.69) is 35.1 Å². The van der Waals surface area contributed by atoms with E-state index in [0.29, 0.717) is 12.1 Å². The van der Waals surface area contributed by atoms with Crippen LogP contribution in [-0.2, 0) is 6.54 Å². The third-order valence-electron chi connectivity index (χ3n) is 4.64. The van der Waals surface area contributed by atoms with Crippen LogP contribution in [-0.4, -0.2) is 52.0 Å². The molecule has 3 aromatic rings. The lowest BCUT2D eigenvalue weighted by Crippen LogP contribution is -2.47. The molecule has 142 valence electrons. The number of hydrogen-bond donors (Lipinski definition) is 1. The number of anilines is 2. The van der Waals surface area contributed by atoms with E-state index in [4.69, 9.17) is 0 Å². The second kappa shape index (κ2) is 8.43. The Morgan fingerprint density at radius 3 is 2.46 bits per heavy atom. The number of carbonyl (C=O) groups excluding carboxylic acids is 1. The second-order valence-corrected chi connectivity index (χ2v) is 6.50. The van der Waals surface area contributed by atoms with Gasteiger partial charge in [-0.25, -0.2) is 9.97 Å². The van der Waals surface area contributed by atoms with Crippen molar-refractivity contribution in [2.45, 2.75) is 6.54 Å². The van der Waals surface area contributed by atoms with Crippen molar-refractivity contribution in [1.82, 2.24) is 25.3 Å². The van der Waals surface area contributed by atoms with Crippen LogP contribution < -0.4 is 15.1 Å². The van der Waals surface area contributed by atoms with Gasteiger partial charge in [-0.3, -0.25) is 14.8 Å². The maximum atomic E-state index is 12.5. The Morgan fingerprint density at radius 2 is 1.71 bits per heavy atom. The van der Waals surface area contributed by atoms with Crippen molar-refractivity contribution in [2.75, 3.05) is 36.0 Å². The highest BCUT2D eigenvalue weighted by atomic mass is 16.1. The fourth-order valence-corrected chi connectivity index (χ4v) is 3.13. The Kier molecular flexibility index (Phi) is 5.37. The molecule has 0 spiro atoms. The molecule has 1 N–H and O–H groups in total. The molecule has 1 aliphatic rings. The van der Waals surface area contributed by atoms with Gasteiger partial charge < -0.3 is 15.1 Å². The van der Waals surface area contributed by atoms with E-state index < -0.39 is 0 Å². The van der Waals surface area contributed by atoms with Gasteiger partial charge in [-0.2, -0.15) is 0 Å². The number of pyridine rings is 2. The average Bonchev–Trinajstić information content (AvgIpc) is 2.79. The minimum Gasteiger partial charge on any atom is -0.367 e. The second-order valence-electron chi connectivity index (χ2n) is 6.50. The summed E-state index contributed by atoms with van der Waals surface area (Å²) in [7, 11) is 0. The molecule has 4 heterocycles. The fraction of sp³-hybridized carbons (Fsp3) is 0.250. The van der Waals surface area contributed by atoms with Crippen LogP contribution in [0.25, 0.3) is 0 Å². The van der Waals surface area contributed by atoms with Gasteiger partial charge in [0.2, 0.25) is 5.95 Å². The van der Waals surface area contributed by atoms with E-state index in [1.807, 2.05) is 24.3 Å². The lowest BCUT2D eigenvalue weighted by Gasteiger charge is -2.35. The summed E-state index contributed by atoms with van der Waals surface area (Å²) in [5.74, 6) is 0.610. The topological polar surface area (TPSA) is 87.1 Å². The molecule has 3 aromatic heterocycles. The first kappa shape index (κ1) is 17.8. The third-order valence-corrected chi connectivity index (χ3v) is 4.64. The highest BCUT2D eigenvalue weighted by Crippen LogP contribution is 2.18. The van der Waals surface area contributed by atoms with Gasteiger partial charge in [0.05, 0.1) is 17.4 Å². The summed E-state index contributed by atoms with van der Waals surface area (Å²) in [5.41, 5.74) is 2.46. The smallest absolute Gasteiger partial charge is 0.253 e. The molecule has 8 heteroatoms. The van der Waals surface area contributed by atoms with Crippen molar-refractivity contribution in [3.8, 4) is 0 Å². The van der Waals surface area contributed by atoms with Crippen molar-refractivity contribution < 1.29 is 4.79 Å². The van der Waals surface area contributed by atoms with Gasteiger partial charge in [-0.05, 0) is 23.8 Å². The number of carbonyl (C=O) groups is 1. The van der Waals surface area contributed by atoms with Crippen LogP contribution in [0.1, 0.15) is 15.9 Å². The molecule has 1 aliphatic heterocycles. The normalized spacial score (nSPS) is 14.0. The highest BCUT2D eigenvalue weighted by Gasteiger charge is 2.20. The summed E-state index contributed by atoms with van der Waals surface area (Å²) >= 11 is 0. The summed E-state index contributed by atoms with van der Waals surface area (Å²) in [6, 6.07) is 7.48. The molecule has 0 radical (unpaired) electrons. The molecule has 1 fully saturated rings. The predicted molar refractivity (Wildman–Crippen MR) is 106 cm³/mol. The van der Waals surface area contributed by atoms with E-state index >= 15 is 0 Å². The van der Waals surface area contributed by atoms with E-state index in [1.54, 1.807) is 37.2 Å². The molecular weight excluding hydrogens is 354 g/mol. The monoisotopic (exact) mass is 375 g/mol. The number of rotatable bonds is 5. The number of amides is 1. The van der Waals surface area contributed by atoms with E-state index in [1.165, 1.54) is 0 Å². The molecule has 0 atom stereocenters. The minimum atomic E-state index is -0.144. The van der Waals surface area contributed by atoms with Crippen molar-refractivity contribution in [2.24, 2.45) is 0 Å². The summed E-state index contributed by atoms with van der Waals surface area (Å²) in [6.45, 7) is 3.72. The van der Waals surface area contributed by atoms with Gasteiger partial charge in [-0.1, -0.05) is 6.07 Å². The Labute approximate surface area is 163 Å². The van der Waals surface area contributed by atoms with Crippen molar-refractivity contribution in [3.63, 3.8) is 0 Å².